The Morgan fingerprint density at radius 1 is 1.36 bits per heavy atom. The minimum absolute atomic E-state index is 0.0327. The number of hydrogen-bond acceptors (Lipinski definition) is 3. The van der Waals surface area contributed by atoms with Crippen molar-refractivity contribution in [3.05, 3.63) is 46.4 Å². The average Bonchev–Trinajstić information content (AvgIpc) is 3.01. The second-order valence-electron chi connectivity index (χ2n) is 5.53. The van der Waals surface area contributed by atoms with Gasteiger partial charge in [0.25, 0.3) is 11.5 Å². The van der Waals surface area contributed by atoms with Crippen LogP contribution in [0, 0.1) is 0 Å². The number of carbonyl (C=O) groups excluding carboxylic acids is 1. The maximum absolute atomic E-state index is 12.9. The second-order valence-corrected chi connectivity index (χ2v) is 5.53. The minimum atomic E-state index is -0.167. The predicted molar refractivity (Wildman–Crippen MR) is 85.1 cm³/mol. The number of aromatic amines is 1. The number of fused-ring (bicyclic) bond motifs is 1. The molecule has 3 rings (SSSR count). The van der Waals surface area contributed by atoms with E-state index in [1.54, 1.807) is 12.1 Å². The molecular weight excluding hydrogens is 280 g/mol. The molecule has 5 nitrogen and oxygen atoms in total. The Bertz CT molecular complexity index is 738. The zero-order valence-corrected chi connectivity index (χ0v) is 12.7. The van der Waals surface area contributed by atoms with Crippen LogP contribution >= 0.6 is 0 Å². The average molecular weight is 300 g/mol. The molecule has 2 aromatic rings. The first-order chi connectivity index (χ1) is 10.7. The van der Waals surface area contributed by atoms with E-state index < -0.39 is 0 Å². The Hall–Kier alpha value is -2.14. The molecule has 1 aromatic carbocycles. The van der Waals surface area contributed by atoms with Crippen LogP contribution < -0.4 is 5.56 Å². The van der Waals surface area contributed by atoms with Gasteiger partial charge >= 0.3 is 0 Å². The maximum atomic E-state index is 12.9. The lowest BCUT2D eigenvalue weighted by molar-refractivity contribution is 0.0566. The molecule has 1 atom stereocenters. The van der Waals surface area contributed by atoms with E-state index in [0.29, 0.717) is 29.5 Å². The van der Waals surface area contributed by atoms with Crippen LogP contribution in [0.15, 0.2) is 35.3 Å². The summed E-state index contributed by atoms with van der Waals surface area (Å²) >= 11 is 0. The van der Waals surface area contributed by atoms with Crippen LogP contribution in [0.4, 0.5) is 0 Å². The molecule has 22 heavy (non-hydrogen) atoms. The van der Waals surface area contributed by atoms with Gasteiger partial charge in [-0.3, -0.25) is 9.59 Å². The first-order valence-electron chi connectivity index (χ1n) is 7.71. The van der Waals surface area contributed by atoms with Crippen molar-refractivity contribution in [3.63, 3.8) is 0 Å². The topological polar surface area (TPSA) is 62.4 Å². The van der Waals surface area contributed by atoms with Gasteiger partial charge in [0, 0.05) is 30.1 Å². The predicted octanol–water partition coefficient (Wildman–Crippen LogP) is 2.17. The molecule has 116 valence electrons. The second kappa shape index (κ2) is 6.32. The van der Waals surface area contributed by atoms with Crippen LogP contribution in [0.3, 0.4) is 0 Å². The summed E-state index contributed by atoms with van der Waals surface area (Å²) in [7, 11) is 0. The van der Waals surface area contributed by atoms with Crippen LogP contribution in [0.25, 0.3) is 10.8 Å². The molecule has 1 saturated heterocycles. The van der Waals surface area contributed by atoms with Gasteiger partial charge in [-0.25, -0.2) is 0 Å². The minimum Gasteiger partial charge on any atom is -0.380 e. The molecule has 1 N–H and O–H groups in total. The highest BCUT2D eigenvalue weighted by Gasteiger charge is 2.30. The zero-order valence-electron chi connectivity index (χ0n) is 12.7. The van der Waals surface area contributed by atoms with E-state index >= 15 is 0 Å². The normalized spacial score (nSPS) is 18.0. The van der Waals surface area contributed by atoms with Gasteiger partial charge in [-0.15, -0.1) is 0 Å². The lowest BCUT2D eigenvalue weighted by Crippen LogP contribution is -2.38. The molecule has 1 aliphatic rings. The fraction of sp³-hybridized carbons (Fsp3) is 0.412. The molecule has 1 amide bonds. The third-order valence-corrected chi connectivity index (χ3v) is 4.19. The molecule has 1 aromatic heterocycles. The summed E-state index contributed by atoms with van der Waals surface area (Å²) in [6, 6.07) is 7.34. The van der Waals surface area contributed by atoms with Crippen molar-refractivity contribution < 1.29 is 9.53 Å². The monoisotopic (exact) mass is 300 g/mol. The molecule has 0 radical (unpaired) electrons. The van der Waals surface area contributed by atoms with Crippen molar-refractivity contribution in [1.29, 1.82) is 0 Å². The first-order valence-corrected chi connectivity index (χ1v) is 7.71. The van der Waals surface area contributed by atoms with Crippen LogP contribution in [0.1, 0.15) is 30.1 Å². The molecule has 5 heteroatoms. The highest BCUT2D eigenvalue weighted by atomic mass is 16.5. The lowest BCUT2D eigenvalue weighted by atomic mass is 10.1. The highest BCUT2D eigenvalue weighted by molar-refractivity contribution is 6.06. The number of rotatable bonds is 4. The van der Waals surface area contributed by atoms with Crippen molar-refractivity contribution in [2.75, 3.05) is 19.8 Å². The van der Waals surface area contributed by atoms with Crippen molar-refractivity contribution >= 4 is 16.7 Å². The van der Waals surface area contributed by atoms with E-state index in [-0.39, 0.29) is 17.5 Å². The number of hydrogen-bond donors (Lipinski definition) is 1. The zero-order chi connectivity index (χ0) is 15.5. The van der Waals surface area contributed by atoms with E-state index in [1.165, 1.54) is 6.20 Å². The number of amides is 1. The van der Waals surface area contributed by atoms with Crippen LogP contribution in [-0.4, -0.2) is 41.6 Å². The van der Waals surface area contributed by atoms with E-state index in [1.807, 2.05) is 24.0 Å². The van der Waals surface area contributed by atoms with Gasteiger partial charge in [0.05, 0.1) is 18.2 Å². The van der Waals surface area contributed by atoms with Gasteiger partial charge in [-0.1, -0.05) is 18.2 Å². The number of nitrogens with zero attached hydrogens (tertiary/aromatic N) is 1. The van der Waals surface area contributed by atoms with Gasteiger partial charge in [-0.05, 0) is 25.8 Å². The van der Waals surface area contributed by atoms with Crippen LogP contribution in [0.2, 0.25) is 0 Å². The summed E-state index contributed by atoms with van der Waals surface area (Å²) in [5.74, 6) is -0.0327. The van der Waals surface area contributed by atoms with Gasteiger partial charge in [0.1, 0.15) is 0 Å². The summed E-state index contributed by atoms with van der Waals surface area (Å²) < 4.78 is 5.49. The van der Waals surface area contributed by atoms with Gasteiger partial charge < -0.3 is 14.6 Å². The largest absolute Gasteiger partial charge is 0.380 e. The fourth-order valence-electron chi connectivity index (χ4n) is 3.07. The molecule has 0 aliphatic carbocycles. The summed E-state index contributed by atoms with van der Waals surface area (Å²) in [6.45, 7) is 3.92. The van der Waals surface area contributed by atoms with Crippen molar-refractivity contribution in [1.82, 2.24) is 9.88 Å². The molecule has 0 spiro atoms. The molecule has 1 aliphatic heterocycles. The number of benzene rings is 1. The standard InChI is InChI=1S/C17H20N2O3/c1-2-22-11-12-6-5-9-19(12)17(21)15-10-18-16(20)14-8-4-3-7-13(14)15/h3-4,7-8,10,12H,2,5-6,9,11H2,1H3,(H,18,20)/t12-/m0/s1. The van der Waals surface area contributed by atoms with E-state index in [4.69, 9.17) is 4.74 Å². The number of likely N-dealkylation sites (tertiary alicyclic amines) is 1. The Labute approximate surface area is 128 Å². The van der Waals surface area contributed by atoms with Crippen LogP contribution in [-0.2, 0) is 4.74 Å². The Balaban J connectivity index is 1.95. The quantitative estimate of drug-likeness (QED) is 0.941. The number of nitrogens with one attached hydrogen (secondary N) is 1. The number of carbonyl (C=O) groups is 1. The van der Waals surface area contributed by atoms with Crippen LogP contribution in [0.5, 0.6) is 0 Å². The third-order valence-electron chi connectivity index (χ3n) is 4.19. The molecular formula is C17H20N2O3. The number of pyridine rings is 1. The van der Waals surface area contributed by atoms with Gasteiger partial charge in [0.2, 0.25) is 0 Å². The maximum Gasteiger partial charge on any atom is 0.256 e. The molecule has 0 unspecified atom stereocenters. The number of ether oxygens (including phenoxy) is 1. The fourth-order valence-corrected chi connectivity index (χ4v) is 3.07. The van der Waals surface area contributed by atoms with Gasteiger partial charge in [-0.2, -0.15) is 0 Å². The molecule has 1 fully saturated rings. The van der Waals surface area contributed by atoms with E-state index in [9.17, 15) is 9.59 Å². The van der Waals surface area contributed by atoms with E-state index in [2.05, 4.69) is 4.98 Å². The SMILES string of the molecule is CCOC[C@@H]1CCCN1C(=O)c1c[nH]c(=O)c2ccccc12. The summed E-state index contributed by atoms with van der Waals surface area (Å²) in [5, 5.41) is 1.26. The highest BCUT2D eigenvalue weighted by Crippen LogP contribution is 2.23. The number of aromatic nitrogens is 1. The summed E-state index contributed by atoms with van der Waals surface area (Å²) in [5.41, 5.74) is 0.387. The first kappa shape index (κ1) is 14.8. The van der Waals surface area contributed by atoms with Crippen molar-refractivity contribution in [2.24, 2.45) is 0 Å². The van der Waals surface area contributed by atoms with Crippen molar-refractivity contribution in [2.45, 2.75) is 25.8 Å². The molecule has 0 bridgehead atoms. The Morgan fingerprint density at radius 3 is 2.91 bits per heavy atom. The summed E-state index contributed by atoms with van der Waals surface area (Å²) in [6.07, 6.45) is 3.49. The van der Waals surface area contributed by atoms with Crippen molar-refractivity contribution in [3.8, 4) is 0 Å². The third kappa shape index (κ3) is 2.64. The molecule has 0 saturated carbocycles. The number of H-pyrrole nitrogens is 1. The smallest absolute Gasteiger partial charge is 0.256 e. The lowest BCUT2D eigenvalue weighted by Gasteiger charge is -2.25. The Kier molecular flexibility index (Phi) is 4.24. The van der Waals surface area contributed by atoms with E-state index in [0.717, 1.165) is 19.4 Å². The molecule has 2 heterocycles. The summed E-state index contributed by atoms with van der Waals surface area (Å²) in [4.78, 5) is 29.3. The van der Waals surface area contributed by atoms with Gasteiger partial charge in [0.15, 0.2) is 0 Å². The Morgan fingerprint density at radius 2 is 2.14 bits per heavy atom.